The molecule has 0 aliphatic rings. The SMILES string of the molecule is OC(Cc1ccc(F)c(F)c1)c1cc(F)ccc1F. The van der Waals surface area contributed by atoms with Crippen molar-refractivity contribution in [2.75, 3.05) is 0 Å². The molecule has 5 heteroatoms. The summed E-state index contributed by atoms with van der Waals surface area (Å²) in [6.07, 6.45) is -1.47. The highest BCUT2D eigenvalue weighted by molar-refractivity contribution is 5.25. The van der Waals surface area contributed by atoms with Crippen molar-refractivity contribution in [3.05, 3.63) is 70.8 Å². The Morgan fingerprint density at radius 1 is 0.842 bits per heavy atom. The van der Waals surface area contributed by atoms with Gasteiger partial charge in [-0.1, -0.05) is 6.07 Å². The summed E-state index contributed by atoms with van der Waals surface area (Å²) in [5.41, 5.74) is 0.0693. The molecule has 0 saturated carbocycles. The standard InChI is InChI=1S/C14H10F4O/c15-9-2-4-11(16)10(7-9)14(19)6-8-1-3-12(17)13(18)5-8/h1-5,7,14,19H,6H2. The van der Waals surface area contributed by atoms with Gasteiger partial charge in [-0.3, -0.25) is 0 Å². The molecule has 1 nitrogen and oxygen atoms in total. The molecule has 0 fully saturated rings. The van der Waals surface area contributed by atoms with E-state index in [0.717, 1.165) is 30.3 Å². The fourth-order valence-corrected chi connectivity index (χ4v) is 1.77. The molecule has 0 heterocycles. The maximum atomic E-state index is 13.4. The van der Waals surface area contributed by atoms with E-state index in [1.165, 1.54) is 6.07 Å². The first-order valence-corrected chi connectivity index (χ1v) is 5.54. The zero-order chi connectivity index (χ0) is 14.0. The second-order valence-corrected chi connectivity index (χ2v) is 4.13. The molecule has 0 aliphatic heterocycles. The third-order valence-corrected chi connectivity index (χ3v) is 2.73. The Morgan fingerprint density at radius 2 is 1.53 bits per heavy atom. The van der Waals surface area contributed by atoms with E-state index < -0.39 is 29.4 Å². The molecule has 0 saturated heterocycles. The molecule has 0 aromatic heterocycles. The fourth-order valence-electron chi connectivity index (χ4n) is 1.77. The van der Waals surface area contributed by atoms with Gasteiger partial charge in [-0.15, -0.1) is 0 Å². The van der Waals surface area contributed by atoms with E-state index in [1.807, 2.05) is 0 Å². The minimum Gasteiger partial charge on any atom is -0.388 e. The van der Waals surface area contributed by atoms with Gasteiger partial charge < -0.3 is 5.11 Å². The summed E-state index contributed by atoms with van der Waals surface area (Å²) in [5.74, 6) is -3.49. The third-order valence-electron chi connectivity index (χ3n) is 2.73. The van der Waals surface area contributed by atoms with E-state index in [1.54, 1.807) is 0 Å². The lowest BCUT2D eigenvalue weighted by atomic mass is 10.0. The van der Waals surface area contributed by atoms with Crippen LogP contribution in [-0.4, -0.2) is 5.11 Å². The van der Waals surface area contributed by atoms with Gasteiger partial charge >= 0.3 is 0 Å². The second-order valence-electron chi connectivity index (χ2n) is 4.13. The highest BCUT2D eigenvalue weighted by atomic mass is 19.2. The summed E-state index contributed by atoms with van der Waals surface area (Å²) in [5, 5.41) is 9.82. The van der Waals surface area contributed by atoms with Crippen LogP contribution in [0.2, 0.25) is 0 Å². The third kappa shape index (κ3) is 3.12. The minimum atomic E-state index is -1.33. The molecule has 1 unspecified atom stereocenters. The number of hydrogen-bond acceptors (Lipinski definition) is 1. The van der Waals surface area contributed by atoms with Gasteiger partial charge in [-0.2, -0.15) is 0 Å². The molecule has 0 radical (unpaired) electrons. The van der Waals surface area contributed by atoms with Crippen molar-refractivity contribution in [2.45, 2.75) is 12.5 Å². The zero-order valence-electron chi connectivity index (χ0n) is 9.71. The predicted octanol–water partition coefficient (Wildman–Crippen LogP) is 3.52. The summed E-state index contributed by atoms with van der Waals surface area (Å²) in [6, 6.07) is 5.82. The maximum absolute atomic E-state index is 13.4. The van der Waals surface area contributed by atoms with Crippen molar-refractivity contribution < 1.29 is 22.7 Å². The van der Waals surface area contributed by atoms with Gasteiger partial charge in [0.05, 0.1) is 6.10 Å². The molecule has 1 atom stereocenters. The van der Waals surface area contributed by atoms with Crippen LogP contribution in [0.1, 0.15) is 17.2 Å². The van der Waals surface area contributed by atoms with Crippen LogP contribution in [0.25, 0.3) is 0 Å². The monoisotopic (exact) mass is 270 g/mol. The van der Waals surface area contributed by atoms with Crippen molar-refractivity contribution in [3.63, 3.8) is 0 Å². The maximum Gasteiger partial charge on any atom is 0.159 e. The average molecular weight is 270 g/mol. The molecular formula is C14H10F4O. The van der Waals surface area contributed by atoms with E-state index >= 15 is 0 Å². The first-order chi connectivity index (χ1) is 8.97. The molecule has 0 amide bonds. The highest BCUT2D eigenvalue weighted by Crippen LogP contribution is 2.22. The Morgan fingerprint density at radius 3 is 2.21 bits per heavy atom. The number of halogens is 4. The Labute approximate surface area is 107 Å². The number of aliphatic hydroxyl groups excluding tert-OH is 1. The summed E-state index contributed by atoms with van der Waals surface area (Å²) in [7, 11) is 0. The van der Waals surface area contributed by atoms with Gasteiger partial charge in [0.2, 0.25) is 0 Å². The van der Waals surface area contributed by atoms with Crippen molar-refractivity contribution in [1.29, 1.82) is 0 Å². The number of hydrogen-bond donors (Lipinski definition) is 1. The van der Waals surface area contributed by atoms with Gasteiger partial charge in [0.15, 0.2) is 11.6 Å². The second kappa shape index (κ2) is 5.40. The lowest BCUT2D eigenvalue weighted by Gasteiger charge is -2.12. The Hall–Kier alpha value is -1.88. The molecule has 2 aromatic carbocycles. The number of aliphatic hydroxyl groups is 1. The van der Waals surface area contributed by atoms with Crippen LogP contribution in [0, 0.1) is 23.3 Å². The molecule has 2 rings (SSSR count). The van der Waals surface area contributed by atoms with Crippen molar-refractivity contribution in [3.8, 4) is 0 Å². The summed E-state index contributed by atoms with van der Waals surface area (Å²) >= 11 is 0. The van der Waals surface area contributed by atoms with E-state index in [0.29, 0.717) is 0 Å². The topological polar surface area (TPSA) is 20.2 Å². The van der Waals surface area contributed by atoms with Crippen LogP contribution in [-0.2, 0) is 6.42 Å². The van der Waals surface area contributed by atoms with Gasteiger partial charge in [0.1, 0.15) is 11.6 Å². The predicted molar refractivity (Wildman–Crippen MR) is 61.4 cm³/mol. The minimum absolute atomic E-state index is 0.141. The van der Waals surface area contributed by atoms with Crippen molar-refractivity contribution in [2.24, 2.45) is 0 Å². The van der Waals surface area contributed by atoms with Crippen LogP contribution in [0.4, 0.5) is 17.6 Å². The fraction of sp³-hybridized carbons (Fsp3) is 0.143. The van der Waals surface area contributed by atoms with E-state index in [9.17, 15) is 22.7 Å². The van der Waals surface area contributed by atoms with Gasteiger partial charge in [-0.25, -0.2) is 17.6 Å². The molecule has 0 bridgehead atoms. The lowest BCUT2D eigenvalue weighted by Crippen LogP contribution is -2.05. The molecule has 0 aliphatic carbocycles. The summed E-state index contributed by atoms with van der Waals surface area (Å²) in [6.45, 7) is 0. The first kappa shape index (κ1) is 13.5. The normalized spacial score (nSPS) is 12.5. The number of benzene rings is 2. The van der Waals surface area contributed by atoms with Crippen LogP contribution in [0.15, 0.2) is 36.4 Å². The molecule has 100 valence electrons. The molecule has 2 aromatic rings. The smallest absolute Gasteiger partial charge is 0.159 e. The quantitative estimate of drug-likeness (QED) is 0.846. The summed E-state index contributed by atoms with van der Waals surface area (Å²) in [4.78, 5) is 0. The van der Waals surface area contributed by atoms with E-state index in [4.69, 9.17) is 0 Å². The molecule has 1 N–H and O–H groups in total. The van der Waals surface area contributed by atoms with Gasteiger partial charge in [0.25, 0.3) is 0 Å². The summed E-state index contributed by atoms with van der Waals surface area (Å²) < 4.78 is 52.1. The van der Waals surface area contributed by atoms with Crippen molar-refractivity contribution >= 4 is 0 Å². The lowest BCUT2D eigenvalue weighted by molar-refractivity contribution is 0.173. The largest absolute Gasteiger partial charge is 0.388 e. The molecule has 0 spiro atoms. The van der Waals surface area contributed by atoms with E-state index in [2.05, 4.69) is 0 Å². The Balaban J connectivity index is 2.22. The van der Waals surface area contributed by atoms with E-state index in [-0.39, 0.29) is 17.5 Å². The van der Waals surface area contributed by atoms with Crippen LogP contribution >= 0.6 is 0 Å². The number of rotatable bonds is 3. The Kier molecular flexibility index (Phi) is 3.85. The van der Waals surface area contributed by atoms with Crippen LogP contribution < -0.4 is 0 Å². The Bertz CT molecular complexity index is 598. The van der Waals surface area contributed by atoms with Crippen LogP contribution in [0.3, 0.4) is 0 Å². The van der Waals surface area contributed by atoms with Crippen LogP contribution in [0.5, 0.6) is 0 Å². The highest BCUT2D eigenvalue weighted by Gasteiger charge is 2.15. The van der Waals surface area contributed by atoms with Gasteiger partial charge in [-0.05, 0) is 35.9 Å². The molecule has 19 heavy (non-hydrogen) atoms. The van der Waals surface area contributed by atoms with Crippen molar-refractivity contribution in [1.82, 2.24) is 0 Å². The zero-order valence-corrected chi connectivity index (χ0v) is 9.71. The first-order valence-electron chi connectivity index (χ1n) is 5.54. The average Bonchev–Trinajstić information content (AvgIpc) is 2.36. The van der Waals surface area contributed by atoms with Gasteiger partial charge in [0, 0.05) is 12.0 Å². The molecular weight excluding hydrogens is 260 g/mol.